The zero-order valence-electron chi connectivity index (χ0n) is 36.5. The van der Waals surface area contributed by atoms with E-state index in [0.29, 0.717) is 13.0 Å². The SMILES string of the molecule is CC/C=C\C/C=C\C/C=C\C/C=C\C/C=C\C/C=C\CCCCCOCC(COP(=O)(O)OC1C(O)C(O)C(O)C(O)C1O)OC(=O)CCCCCCC/C=C\CCCC. The number of carbonyl (C=O) groups is 1. The van der Waals surface area contributed by atoms with E-state index in [4.69, 9.17) is 18.5 Å². The molecule has 6 atom stereocenters. The average molecular weight is 867 g/mol. The number of aliphatic hydroxyl groups excluding tert-OH is 5. The fourth-order valence-corrected chi connectivity index (χ4v) is 7.13. The van der Waals surface area contributed by atoms with E-state index in [0.717, 1.165) is 103 Å². The quantitative estimate of drug-likeness (QED) is 0.0152. The molecule has 1 fully saturated rings. The van der Waals surface area contributed by atoms with Crippen LogP contribution >= 0.6 is 7.82 Å². The van der Waals surface area contributed by atoms with Crippen LogP contribution in [0.15, 0.2) is 85.1 Å². The molecule has 0 radical (unpaired) electrons. The topological polar surface area (TPSA) is 192 Å². The first kappa shape index (κ1) is 55.5. The molecular formula is C47H79O12P. The summed E-state index contributed by atoms with van der Waals surface area (Å²) in [4.78, 5) is 23.1. The van der Waals surface area contributed by atoms with Gasteiger partial charge in [0.05, 0.1) is 13.2 Å². The fraction of sp³-hybridized carbons (Fsp3) is 0.681. The van der Waals surface area contributed by atoms with E-state index in [-0.39, 0.29) is 13.0 Å². The minimum atomic E-state index is -5.03. The third kappa shape index (κ3) is 28.9. The highest BCUT2D eigenvalue weighted by Crippen LogP contribution is 2.47. The molecule has 60 heavy (non-hydrogen) atoms. The van der Waals surface area contributed by atoms with E-state index in [9.17, 15) is 39.8 Å². The maximum absolute atomic E-state index is 12.8. The number of phosphoric ester groups is 1. The second-order valence-corrected chi connectivity index (χ2v) is 16.6. The van der Waals surface area contributed by atoms with E-state index >= 15 is 0 Å². The number of aliphatic hydroxyl groups is 5. The second kappa shape index (κ2) is 37.1. The molecule has 0 bridgehead atoms. The number of unbranched alkanes of at least 4 members (excludes halogenated alkanes) is 10. The molecule has 1 saturated carbocycles. The van der Waals surface area contributed by atoms with Gasteiger partial charge in [-0.05, 0) is 83.5 Å². The van der Waals surface area contributed by atoms with Crippen molar-refractivity contribution >= 4 is 13.8 Å². The summed E-state index contributed by atoms with van der Waals surface area (Å²) in [5.74, 6) is -0.505. The molecule has 0 aromatic heterocycles. The number of ether oxygens (including phenoxy) is 2. The zero-order valence-corrected chi connectivity index (χ0v) is 37.4. The predicted octanol–water partition coefficient (Wildman–Crippen LogP) is 8.97. The van der Waals surface area contributed by atoms with Crippen molar-refractivity contribution in [3.63, 3.8) is 0 Å². The van der Waals surface area contributed by atoms with E-state index in [2.05, 4.69) is 98.9 Å². The maximum Gasteiger partial charge on any atom is 0.472 e. The molecule has 1 aliphatic carbocycles. The summed E-state index contributed by atoms with van der Waals surface area (Å²) in [6, 6.07) is 0. The van der Waals surface area contributed by atoms with E-state index in [1.807, 2.05) is 0 Å². The molecule has 0 aromatic carbocycles. The molecule has 0 aromatic rings. The fourth-order valence-electron chi connectivity index (χ4n) is 6.16. The van der Waals surface area contributed by atoms with Crippen molar-refractivity contribution in [2.45, 2.75) is 185 Å². The minimum Gasteiger partial charge on any atom is -0.457 e. The molecule has 344 valence electrons. The van der Waals surface area contributed by atoms with Gasteiger partial charge in [-0.2, -0.15) is 0 Å². The highest BCUT2D eigenvalue weighted by molar-refractivity contribution is 7.47. The van der Waals surface area contributed by atoms with Crippen molar-refractivity contribution in [2.24, 2.45) is 0 Å². The van der Waals surface area contributed by atoms with Crippen LogP contribution in [0.1, 0.15) is 142 Å². The first-order valence-electron chi connectivity index (χ1n) is 22.4. The Morgan fingerprint density at radius 3 is 1.52 bits per heavy atom. The number of allylic oxidation sites excluding steroid dienone is 14. The van der Waals surface area contributed by atoms with Crippen LogP contribution in [0, 0.1) is 0 Å². The highest BCUT2D eigenvalue weighted by Gasteiger charge is 2.51. The Morgan fingerprint density at radius 1 is 0.550 bits per heavy atom. The molecule has 1 aliphatic rings. The van der Waals surface area contributed by atoms with Crippen molar-refractivity contribution in [3.8, 4) is 0 Å². The first-order valence-corrected chi connectivity index (χ1v) is 23.9. The van der Waals surface area contributed by atoms with Crippen LogP contribution in [-0.4, -0.2) is 98.9 Å². The van der Waals surface area contributed by atoms with Crippen molar-refractivity contribution in [2.75, 3.05) is 19.8 Å². The summed E-state index contributed by atoms with van der Waals surface area (Å²) in [6.07, 6.45) is 36.6. The van der Waals surface area contributed by atoms with Crippen LogP contribution in [0.5, 0.6) is 0 Å². The molecule has 0 saturated heterocycles. The molecule has 6 N–H and O–H groups in total. The van der Waals surface area contributed by atoms with Crippen LogP contribution in [0.4, 0.5) is 0 Å². The Morgan fingerprint density at radius 2 is 0.983 bits per heavy atom. The van der Waals surface area contributed by atoms with Gasteiger partial charge in [-0.3, -0.25) is 13.8 Å². The van der Waals surface area contributed by atoms with Gasteiger partial charge < -0.3 is 39.9 Å². The monoisotopic (exact) mass is 867 g/mol. The molecular weight excluding hydrogens is 787 g/mol. The second-order valence-electron chi connectivity index (χ2n) is 15.2. The Bertz CT molecular complexity index is 1310. The van der Waals surface area contributed by atoms with Gasteiger partial charge in [-0.15, -0.1) is 0 Å². The molecule has 13 heteroatoms. The number of phosphoric acid groups is 1. The Kier molecular flexibility index (Phi) is 34.3. The zero-order chi connectivity index (χ0) is 44.1. The summed E-state index contributed by atoms with van der Waals surface area (Å²) >= 11 is 0. The largest absolute Gasteiger partial charge is 0.472 e. The van der Waals surface area contributed by atoms with Gasteiger partial charge in [0, 0.05) is 13.0 Å². The van der Waals surface area contributed by atoms with Gasteiger partial charge in [0.1, 0.15) is 42.7 Å². The number of carbonyl (C=O) groups excluding carboxylic acids is 1. The van der Waals surface area contributed by atoms with Gasteiger partial charge in [0.25, 0.3) is 0 Å². The Hall–Kier alpha value is -2.48. The standard InChI is InChI=1S/C47H79O12P/c1-3-5-7-9-11-13-15-16-17-18-19-20-21-22-23-24-25-27-29-31-33-35-37-56-38-40(58-41(48)36-34-32-30-28-26-14-12-10-8-6-4-2)39-57-60(54,55)59-47-45(52)43(50)42(49)44(51)46(47)53/h5,7,10-13,16-17,19-20,22-23,25,27,40,42-47,49-53H,3-4,6,8-9,14-15,18,21,24,26,28-39H2,1-2H3,(H,54,55)/b7-5-,12-10-,13-11-,17-16-,20-19-,23-22-,27-25-. The van der Waals surface area contributed by atoms with Crippen LogP contribution in [0.3, 0.4) is 0 Å². The smallest absolute Gasteiger partial charge is 0.457 e. The highest BCUT2D eigenvalue weighted by atomic mass is 31.2. The lowest BCUT2D eigenvalue weighted by Gasteiger charge is -2.41. The average Bonchev–Trinajstić information content (AvgIpc) is 3.23. The van der Waals surface area contributed by atoms with Gasteiger partial charge >= 0.3 is 13.8 Å². The lowest BCUT2D eigenvalue weighted by molar-refractivity contribution is -0.220. The summed E-state index contributed by atoms with van der Waals surface area (Å²) in [5.41, 5.74) is 0. The van der Waals surface area contributed by atoms with Gasteiger partial charge in [-0.25, -0.2) is 4.57 Å². The van der Waals surface area contributed by atoms with Gasteiger partial charge in [-0.1, -0.05) is 137 Å². The van der Waals surface area contributed by atoms with Crippen LogP contribution in [-0.2, 0) is 27.9 Å². The van der Waals surface area contributed by atoms with Crippen molar-refractivity contribution in [3.05, 3.63) is 85.1 Å². The lowest BCUT2D eigenvalue weighted by Crippen LogP contribution is -2.64. The molecule has 12 nitrogen and oxygen atoms in total. The first-order chi connectivity index (χ1) is 29.0. The molecule has 0 aliphatic heterocycles. The van der Waals surface area contributed by atoms with Crippen LogP contribution in [0.25, 0.3) is 0 Å². The molecule has 0 heterocycles. The summed E-state index contributed by atoms with van der Waals surface area (Å²) in [5, 5.41) is 50.1. The van der Waals surface area contributed by atoms with Gasteiger partial charge in [0.15, 0.2) is 0 Å². The lowest BCUT2D eigenvalue weighted by atomic mass is 9.85. The van der Waals surface area contributed by atoms with E-state index in [1.165, 1.54) is 12.8 Å². The number of hydrogen-bond donors (Lipinski definition) is 6. The van der Waals surface area contributed by atoms with Crippen LogP contribution in [0.2, 0.25) is 0 Å². The Labute approximate surface area is 361 Å². The molecule has 1 rings (SSSR count). The summed E-state index contributed by atoms with van der Waals surface area (Å²) in [7, 11) is -5.03. The van der Waals surface area contributed by atoms with Crippen molar-refractivity contribution < 1.29 is 58.3 Å². The number of rotatable bonds is 36. The van der Waals surface area contributed by atoms with Crippen LogP contribution < -0.4 is 0 Å². The molecule has 6 unspecified atom stereocenters. The normalized spacial score (nSPS) is 23.1. The third-order valence-corrected chi connectivity index (χ3v) is 10.7. The molecule has 0 amide bonds. The summed E-state index contributed by atoms with van der Waals surface area (Å²) in [6.45, 7) is 3.99. The minimum absolute atomic E-state index is 0.108. The number of hydrogen-bond acceptors (Lipinski definition) is 11. The van der Waals surface area contributed by atoms with Gasteiger partial charge in [0.2, 0.25) is 0 Å². The maximum atomic E-state index is 12.8. The van der Waals surface area contributed by atoms with E-state index in [1.54, 1.807) is 0 Å². The third-order valence-electron chi connectivity index (χ3n) is 9.75. The number of esters is 1. The van der Waals surface area contributed by atoms with Crippen molar-refractivity contribution in [1.29, 1.82) is 0 Å². The van der Waals surface area contributed by atoms with Crippen molar-refractivity contribution in [1.82, 2.24) is 0 Å². The van der Waals surface area contributed by atoms with E-state index < -0.39 is 63.1 Å². The Balaban J connectivity index is 2.42. The predicted molar refractivity (Wildman–Crippen MR) is 239 cm³/mol. The summed E-state index contributed by atoms with van der Waals surface area (Å²) < 4.78 is 34.1. The molecule has 0 spiro atoms.